The number of hydrogen-bond acceptors (Lipinski definition) is 1. The van der Waals surface area contributed by atoms with Crippen molar-refractivity contribution in [1.82, 2.24) is 0 Å². The Labute approximate surface area is 202 Å². The Hall–Kier alpha value is -3.66. The van der Waals surface area contributed by atoms with Gasteiger partial charge < -0.3 is 0 Å². The summed E-state index contributed by atoms with van der Waals surface area (Å²) in [6.07, 6.45) is 0. The minimum Gasteiger partial charge on any atom is -0.187 e. The molecule has 0 heterocycles. The molecule has 0 atom stereocenters. The fraction of sp³-hybridized carbons (Fsp3) is 0. The number of halogens is 1. The lowest BCUT2D eigenvalue weighted by Gasteiger charge is -2.24. The third-order valence-electron chi connectivity index (χ3n) is 5.65. The second-order valence-corrected chi connectivity index (χ2v) is 8.70. The monoisotopic (exact) mass is 490 g/mol. The largest absolute Gasteiger partial charge is 0.187 e. The Morgan fingerprint density at radius 1 is 0.485 bits per heavy atom. The molecule has 0 amide bonds. The average Bonchev–Trinajstić information content (AvgIpc) is 2.89. The summed E-state index contributed by atoms with van der Waals surface area (Å²) in [5, 5.41) is 14.9. The van der Waals surface area contributed by atoms with Crippen LogP contribution in [0.1, 0.15) is 0 Å². The topological polar surface area (TPSA) is 23.1 Å². The Bertz CT molecular complexity index is 1290. The van der Waals surface area contributed by atoms with Gasteiger partial charge in [-0.15, -0.1) is 0 Å². The van der Waals surface area contributed by atoms with Crippen molar-refractivity contribution in [1.29, 1.82) is 0 Å². The summed E-state index contributed by atoms with van der Waals surface area (Å²) < 4.78 is 0.936. The zero-order valence-electron chi connectivity index (χ0n) is 17.9. The molecule has 3 heteroatoms. The van der Waals surface area contributed by atoms with Gasteiger partial charge in [0, 0.05) is 15.6 Å². The zero-order valence-corrected chi connectivity index (χ0v) is 19.4. The molecule has 33 heavy (non-hydrogen) atoms. The first kappa shape index (κ1) is 21.2. The molecule has 0 aliphatic heterocycles. The van der Waals surface area contributed by atoms with Crippen LogP contribution in [0.5, 0.6) is 0 Å². The fourth-order valence-corrected chi connectivity index (χ4v) is 4.30. The summed E-state index contributed by atoms with van der Waals surface area (Å²) >= 11 is 3.47. The summed E-state index contributed by atoms with van der Waals surface area (Å²) in [6, 6.07) is 42.2. The molecule has 0 N–H and O–H groups in total. The smallest absolute Gasteiger partial charge is 0.0883 e. The van der Waals surface area contributed by atoms with Crippen LogP contribution in [0, 0.1) is 0 Å². The Kier molecular flexibility index (Phi) is 6.07. The third-order valence-corrected chi connectivity index (χ3v) is 6.18. The number of rotatable bonds is 5. The molecule has 0 aliphatic carbocycles. The maximum absolute atomic E-state index is 13.9. The number of hydrogen-bond donors (Lipinski definition) is 0. The normalized spacial score (nSPS) is 10.7. The van der Waals surface area contributed by atoms with Crippen molar-refractivity contribution in [2.75, 3.05) is 5.06 Å². The van der Waals surface area contributed by atoms with E-state index < -0.39 is 0 Å². The first-order valence-corrected chi connectivity index (χ1v) is 11.6. The molecule has 0 spiro atoms. The molecule has 0 aliphatic rings. The summed E-state index contributed by atoms with van der Waals surface area (Å²) in [5.41, 5.74) is 7.19. The van der Waals surface area contributed by atoms with Crippen molar-refractivity contribution in [3.8, 4) is 33.4 Å². The quantitative estimate of drug-likeness (QED) is 0.225. The van der Waals surface area contributed by atoms with Crippen LogP contribution in [-0.2, 0) is 5.21 Å². The lowest BCUT2D eigenvalue weighted by molar-refractivity contribution is 0.197. The molecular formula is C30H21BrNO. The summed E-state index contributed by atoms with van der Waals surface area (Å²) in [4.78, 5) is 0. The zero-order chi connectivity index (χ0) is 22.6. The van der Waals surface area contributed by atoms with E-state index in [0.717, 1.165) is 42.9 Å². The van der Waals surface area contributed by atoms with E-state index in [-0.39, 0.29) is 0 Å². The van der Waals surface area contributed by atoms with E-state index in [9.17, 15) is 5.21 Å². The van der Waals surface area contributed by atoms with Gasteiger partial charge in [-0.1, -0.05) is 112 Å². The lowest BCUT2D eigenvalue weighted by atomic mass is 9.90. The lowest BCUT2D eigenvalue weighted by Crippen LogP contribution is -2.11. The van der Waals surface area contributed by atoms with Gasteiger partial charge in [-0.3, -0.25) is 0 Å². The van der Waals surface area contributed by atoms with Gasteiger partial charge in [0.05, 0.1) is 11.4 Å². The van der Waals surface area contributed by atoms with Crippen LogP contribution in [0.2, 0.25) is 0 Å². The predicted molar refractivity (Wildman–Crippen MR) is 140 cm³/mol. The first-order valence-electron chi connectivity index (χ1n) is 10.8. The SMILES string of the molecule is [O]N(c1ccc(Br)cc1)c1c(-c2ccccc2)cc(-c2ccccc2)cc1-c1ccccc1. The molecule has 5 aromatic carbocycles. The number of anilines is 2. The van der Waals surface area contributed by atoms with Crippen molar-refractivity contribution in [3.05, 3.63) is 132 Å². The van der Waals surface area contributed by atoms with Crippen LogP contribution < -0.4 is 5.06 Å². The molecule has 5 aromatic rings. The molecule has 0 saturated carbocycles. The van der Waals surface area contributed by atoms with E-state index in [4.69, 9.17) is 0 Å². The first-order chi connectivity index (χ1) is 16.2. The minimum atomic E-state index is 0.583. The van der Waals surface area contributed by atoms with Gasteiger partial charge in [-0.25, -0.2) is 0 Å². The van der Waals surface area contributed by atoms with E-state index in [0.29, 0.717) is 11.4 Å². The molecule has 159 valence electrons. The Morgan fingerprint density at radius 3 is 1.36 bits per heavy atom. The molecule has 5 rings (SSSR count). The van der Waals surface area contributed by atoms with Gasteiger partial charge >= 0.3 is 0 Å². The van der Waals surface area contributed by atoms with Crippen LogP contribution in [0.4, 0.5) is 11.4 Å². The van der Waals surface area contributed by atoms with Crippen LogP contribution >= 0.6 is 15.9 Å². The summed E-state index contributed by atoms with van der Waals surface area (Å²) in [6.45, 7) is 0. The van der Waals surface area contributed by atoms with Crippen molar-refractivity contribution in [2.24, 2.45) is 0 Å². The molecule has 2 nitrogen and oxygen atoms in total. The number of benzene rings is 5. The van der Waals surface area contributed by atoms with Crippen molar-refractivity contribution in [2.45, 2.75) is 0 Å². The Morgan fingerprint density at radius 2 is 0.909 bits per heavy atom. The van der Waals surface area contributed by atoms with E-state index >= 15 is 0 Å². The average molecular weight is 491 g/mol. The van der Waals surface area contributed by atoms with E-state index in [1.807, 2.05) is 78.9 Å². The number of nitrogens with zero attached hydrogens (tertiary/aromatic N) is 1. The van der Waals surface area contributed by atoms with Crippen molar-refractivity contribution >= 4 is 27.3 Å². The van der Waals surface area contributed by atoms with Gasteiger partial charge in [0.15, 0.2) is 0 Å². The van der Waals surface area contributed by atoms with Gasteiger partial charge in [0.25, 0.3) is 0 Å². The van der Waals surface area contributed by atoms with Crippen molar-refractivity contribution < 1.29 is 5.21 Å². The van der Waals surface area contributed by atoms with Crippen molar-refractivity contribution in [3.63, 3.8) is 0 Å². The highest BCUT2D eigenvalue weighted by molar-refractivity contribution is 9.10. The highest BCUT2D eigenvalue weighted by Crippen LogP contribution is 2.45. The van der Waals surface area contributed by atoms with Gasteiger partial charge in [0.2, 0.25) is 0 Å². The van der Waals surface area contributed by atoms with Gasteiger partial charge in [-0.05, 0) is 58.7 Å². The van der Waals surface area contributed by atoms with E-state index in [2.05, 4.69) is 64.5 Å². The van der Waals surface area contributed by atoms with Crippen LogP contribution in [0.25, 0.3) is 33.4 Å². The molecule has 0 unspecified atom stereocenters. The molecule has 0 aromatic heterocycles. The maximum atomic E-state index is 13.9. The van der Waals surface area contributed by atoms with Crippen LogP contribution in [0.15, 0.2) is 132 Å². The predicted octanol–water partition coefficient (Wildman–Crippen LogP) is 8.93. The molecule has 0 fully saturated rings. The fourth-order valence-electron chi connectivity index (χ4n) is 4.03. The second kappa shape index (κ2) is 9.45. The molecule has 0 bridgehead atoms. The Balaban J connectivity index is 1.82. The van der Waals surface area contributed by atoms with E-state index in [1.54, 1.807) is 0 Å². The van der Waals surface area contributed by atoms with Gasteiger partial charge in [-0.2, -0.15) is 5.06 Å². The minimum absolute atomic E-state index is 0.583. The molecule has 1 radical (unpaired) electrons. The van der Waals surface area contributed by atoms with Gasteiger partial charge in [0.1, 0.15) is 0 Å². The molecular weight excluding hydrogens is 470 g/mol. The standard InChI is InChI=1S/C30H21BrNO/c31-26-16-18-27(19-17-26)32(33)30-28(23-12-6-2-7-13-23)20-25(22-10-4-1-5-11-22)21-29(30)24-14-8-3-9-15-24/h1-21H. The summed E-state index contributed by atoms with van der Waals surface area (Å²) in [7, 11) is 0. The highest BCUT2D eigenvalue weighted by Gasteiger charge is 2.21. The van der Waals surface area contributed by atoms with E-state index in [1.165, 1.54) is 0 Å². The molecule has 0 saturated heterocycles. The maximum Gasteiger partial charge on any atom is 0.0883 e. The van der Waals surface area contributed by atoms with Crippen LogP contribution in [0.3, 0.4) is 0 Å². The third kappa shape index (κ3) is 4.47. The van der Waals surface area contributed by atoms with Crippen LogP contribution in [-0.4, -0.2) is 0 Å². The second-order valence-electron chi connectivity index (χ2n) is 7.79. The highest BCUT2D eigenvalue weighted by atomic mass is 79.9. The summed E-state index contributed by atoms with van der Waals surface area (Å²) in [5.74, 6) is 0.